The third-order valence-corrected chi connectivity index (χ3v) is 3.63. The number of aliphatic hydroxyl groups excluding tert-OH is 2. The second-order valence-corrected chi connectivity index (χ2v) is 6.23. The van der Waals surface area contributed by atoms with Crippen molar-refractivity contribution in [3.05, 3.63) is 29.8 Å². The number of carbonyl (C=O) groups is 1. The Bertz CT molecular complexity index is 528. The zero-order valence-corrected chi connectivity index (χ0v) is 13.7. The smallest absolute Gasteiger partial charge is 0.389 e. The highest BCUT2D eigenvalue weighted by Gasteiger charge is 2.27. The van der Waals surface area contributed by atoms with E-state index in [1.54, 1.807) is 6.92 Å². The number of urea groups is 1. The molecular weight excluding hydrogens is 325 g/mol. The van der Waals surface area contributed by atoms with Gasteiger partial charge in [-0.15, -0.1) is 0 Å². The van der Waals surface area contributed by atoms with Crippen LogP contribution in [0.5, 0.6) is 0 Å². The summed E-state index contributed by atoms with van der Waals surface area (Å²) >= 11 is 0. The maximum atomic E-state index is 12.2. The van der Waals surface area contributed by atoms with E-state index in [2.05, 4.69) is 5.32 Å². The van der Waals surface area contributed by atoms with Crippen LogP contribution in [0.3, 0.4) is 0 Å². The molecule has 1 aromatic rings. The predicted octanol–water partition coefficient (Wildman–Crippen LogP) is 2.64. The van der Waals surface area contributed by atoms with E-state index >= 15 is 0 Å². The van der Waals surface area contributed by atoms with Crippen LogP contribution >= 0.6 is 0 Å². The van der Waals surface area contributed by atoms with Gasteiger partial charge < -0.3 is 20.4 Å². The Kier molecular flexibility index (Phi) is 7.04. The Morgan fingerprint density at radius 3 is 2.17 bits per heavy atom. The number of rotatable bonds is 7. The number of halogens is 3. The highest BCUT2D eigenvalue weighted by Crippen LogP contribution is 2.23. The molecule has 0 bridgehead atoms. The van der Waals surface area contributed by atoms with Crippen molar-refractivity contribution in [1.29, 1.82) is 0 Å². The molecule has 0 aliphatic heterocycles. The van der Waals surface area contributed by atoms with Gasteiger partial charge in [-0.25, -0.2) is 4.79 Å². The largest absolute Gasteiger partial charge is 0.396 e. The van der Waals surface area contributed by atoms with Crippen LogP contribution in [0.4, 0.5) is 23.7 Å². The van der Waals surface area contributed by atoms with E-state index in [1.807, 2.05) is 0 Å². The Labute approximate surface area is 139 Å². The van der Waals surface area contributed by atoms with Crippen molar-refractivity contribution < 1.29 is 28.2 Å². The molecule has 5 nitrogen and oxygen atoms in total. The maximum Gasteiger partial charge on any atom is 0.389 e. The summed E-state index contributed by atoms with van der Waals surface area (Å²) in [6.45, 7) is 1.26. The predicted molar refractivity (Wildman–Crippen MR) is 84.7 cm³/mol. The summed E-state index contributed by atoms with van der Waals surface area (Å²) in [5, 5.41) is 21.1. The van der Waals surface area contributed by atoms with Crippen LogP contribution in [-0.2, 0) is 6.42 Å². The van der Waals surface area contributed by atoms with Crippen molar-refractivity contribution in [3.63, 3.8) is 0 Å². The molecule has 0 atom stereocenters. The number of benzene rings is 1. The van der Waals surface area contributed by atoms with E-state index in [4.69, 9.17) is 0 Å². The zero-order chi connectivity index (χ0) is 18.4. The van der Waals surface area contributed by atoms with E-state index < -0.39 is 24.0 Å². The van der Waals surface area contributed by atoms with Gasteiger partial charge in [-0.2, -0.15) is 13.2 Å². The molecule has 0 aliphatic rings. The molecule has 0 aliphatic carbocycles. The molecule has 3 N–H and O–H groups in total. The number of aryl methyl sites for hydroxylation is 1. The minimum atomic E-state index is -4.19. The van der Waals surface area contributed by atoms with Crippen LogP contribution in [0.2, 0.25) is 0 Å². The first-order chi connectivity index (χ1) is 11.1. The molecule has 0 spiro atoms. The average molecular weight is 348 g/mol. The fraction of sp³-hybridized carbons (Fsp3) is 0.562. The zero-order valence-electron chi connectivity index (χ0n) is 13.7. The second kappa shape index (κ2) is 8.34. The van der Waals surface area contributed by atoms with Gasteiger partial charge in [0, 0.05) is 31.1 Å². The SMILES string of the molecule is CN(CC(C)(CO)CO)C(=O)Nc1ccc(CCC(F)(F)F)cc1. The van der Waals surface area contributed by atoms with E-state index in [9.17, 15) is 28.2 Å². The lowest BCUT2D eigenvalue weighted by Crippen LogP contribution is -2.43. The number of hydrogen-bond donors (Lipinski definition) is 3. The number of nitrogens with zero attached hydrogens (tertiary/aromatic N) is 1. The highest BCUT2D eigenvalue weighted by molar-refractivity contribution is 5.89. The van der Waals surface area contributed by atoms with Gasteiger partial charge in [0.05, 0.1) is 13.2 Å². The second-order valence-electron chi connectivity index (χ2n) is 6.23. The van der Waals surface area contributed by atoms with Gasteiger partial charge in [-0.3, -0.25) is 0 Å². The van der Waals surface area contributed by atoms with Gasteiger partial charge in [0.25, 0.3) is 0 Å². The van der Waals surface area contributed by atoms with Crippen LogP contribution < -0.4 is 5.32 Å². The summed E-state index contributed by atoms with van der Waals surface area (Å²) in [4.78, 5) is 13.4. The van der Waals surface area contributed by atoms with Crippen molar-refractivity contribution in [2.45, 2.75) is 25.9 Å². The monoisotopic (exact) mass is 348 g/mol. The van der Waals surface area contributed by atoms with E-state index in [0.717, 1.165) is 0 Å². The topological polar surface area (TPSA) is 72.8 Å². The van der Waals surface area contributed by atoms with Crippen LogP contribution in [0.1, 0.15) is 18.9 Å². The summed E-state index contributed by atoms with van der Waals surface area (Å²) in [5.41, 5.74) is 0.178. The van der Waals surface area contributed by atoms with E-state index in [0.29, 0.717) is 11.3 Å². The molecule has 0 saturated heterocycles. The minimum absolute atomic E-state index is 0.108. The summed E-state index contributed by atoms with van der Waals surface area (Å²) in [6, 6.07) is 5.70. The van der Waals surface area contributed by atoms with Gasteiger partial charge in [-0.1, -0.05) is 19.1 Å². The van der Waals surface area contributed by atoms with Gasteiger partial charge in [0.2, 0.25) is 0 Å². The van der Waals surface area contributed by atoms with Crippen LogP contribution in [-0.4, -0.2) is 54.1 Å². The van der Waals surface area contributed by atoms with Crippen LogP contribution in [0.15, 0.2) is 24.3 Å². The first-order valence-corrected chi connectivity index (χ1v) is 7.48. The molecular formula is C16H23F3N2O3. The normalized spacial score (nSPS) is 12.1. The highest BCUT2D eigenvalue weighted by atomic mass is 19.4. The molecule has 0 aromatic heterocycles. The van der Waals surface area contributed by atoms with Crippen molar-refractivity contribution in [1.82, 2.24) is 4.90 Å². The molecule has 2 amide bonds. The summed E-state index contributed by atoms with van der Waals surface area (Å²) < 4.78 is 36.5. The first-order valence-electron chi connectivity index (χ1n) is 7.48. The summed E-state index contributed by atoms with van der Waals surface area (Å²) in [6.07, 6.45) is -5.19. The fourth-order valence-corrected chi connectivity index (χ4v) is 2.05. The lowest BCUT2D eigenvalue weighted by Gasteiger charge is -2.30. The molecule has 1 aromatic carbocycles. The Balaban J connectivity index is 2.58. The third-order valence-electron chi connectivity index (χ3n) is 3.63. The minimum Gasteiger partial charge on any atom is -0.396 e. The van der Waals surface area contributed by atoms with Crippen LogP contribution in [0, 0.1) is 5.41 Å². The molecule has 8 heteroatoms. The van der Waals surface area contributed by atoms with E-state index in [1.165, 1.54) is 36.2 Å². The Morgan fingerprint density at radius 2 is 1.71 bits per heavy atom. The number of aliphatic hydroxyl groups is 2. The first kappa shape index (κ1) is 20.2. The van der Waals surface area contributed by atoms with Gasteiger partial charge in [0.15, 0.2) is 0 Å². The quantitative estimate of drug-likeness (QED) is 0.709. The summed E-state index contributed by atoms with van der Waals surface area (Å²) in [7, 11) is 1.52. The average Bonchev–Trinajstić information content (AvgIpc) is 2.53. The molecule has 0 radical (unpaired) electrons. The Hall–Kier alpha value is -1.80. The third kappa shape index (κ3) is 6.76. The molecule has 0 fully saturated rings. The lowest BCUT2D eigenvalue weighted by molar-refractivity contribution is -0.133. The van der Waals surface area contributed by atoms with Crippen molar-refractivity contribution in [2.75, 3.05) is 32.1 Å². The van der Waals surface area contributed by atoms with Crippen molar-refractivity contribution >= 4 is 11.7 Å². The van der Waals surface area contributed by atoms with Gasteiger partial charge in [-0.05, 0) is 24.1 Å². The number of carbonyl (C=O) groups excluding carboxylic acids is 1. The number of amides is 2. The lowest BCUT2D eigenvalue weighted by atomic mass is 9.92. The molecule has 24 heavy (non-hydrogen) atoms. The number of anilines is 1. The van der Waals surface area contributed by atoms with E-state index in [-0.39, 0.29) is 26.2 Å². The Morgan fingerprint density at radius 1 is 1.17 bits per heavy atom. The standard InChI is InChI=1S/C16H23F3N2O3/c1-15(10-22,11-23)9-21(2)14(24)20-13-5-3-12(4-6-13)7-8-16(17,18)19/h3-6,22-23H,7-11H2,1-2H3,(H,20,24). The van der Waals surface area contributed by atoms with Crippen LogP contribution in [0.25, 0.3) is 0 Å². The molecule has 136 valence electrons. The number of hydrogen-bond acceptors (Lipinski definition) is 3. The molecule has 0 unspecified atom stereocenters. The van der Waals surface area contributed by atoms with Crippen molar-refractivity contribution in [2.24, 2.45) is 5.41 Å². The van der Waals surface area contributed by atoms with Gasteiger partial charge >= 0.3 is 12.2 Å². The fourth-order valence-electron chi connectivity index (χ4n) is 2.05. The molecule has 0 saturated carbocycles. The van der Waals surface area contributed by atoms with Crippen molar-refractivity contribution in [3.8, 4) is 0 Å². The number of alkyl halides is 3. The van der Waals surface area contributed by atoms with Gasteiger partial charge in [0.1, 0.15) is 0 Å². The summed E-state index contributed by atoms with van der Waals surface area (Å²) in [5.74, 6) is 0. The molecule has 1 rings (SSSR count). The maximum absolute atomic E-state index is 12.2. The molecule has 0 heterocycles. The number of nitrogens with one attached hydrogen (secondary N) is 1.